The Hall–Kier alpha value is -2.34. The molecule has 0 bridgehead atoms. The molecular weight excluding hydrogens is 296 g/mol. The van der Waals surface area contributed by atoms with Gasteiger partial charge in [-0.3, -0.25) is 10.1 Å². The molecule has 2 amide bonds. The first-order valence-electron chi connectivity index (χ1n) is 7.55. The monoisotopic (exact) mass is 318 g/mol. The van der Waals surface area contributed by atoms with Gasteiger partial charge in [0.2, 0.25) is 0 Å². The molecule has 2 rings (SSSR count). The normalized spacial score (nSPS) is 16.5. The summed E-state index contributed by atoms with van der Waals surface area (Å²) in [5, 5.41) is 11.9. The lowest BCUT2D eigenvalue weighted by molar-refractivity contribution is 0.0297. The molecule has 1 atom stereocenters. The first-order valence-corrected chi connectivity index (χ1v) is 7.55. The van der Waals surface area contributed by atoms with Gasteiger partial charge in [0.15, 0.2) is 0 Å². The third-order valence-corrected chi connectivity index (χ3v) is 4.05. The van der Waals surface area contributed by atoms with E-state index in [-0.39, 0.29) is 25.2 Å². The van der Waals surface area contributed by atoms with Crippen molar-refractivity contribution in [3.05, 3.63) is 41.5 Å². The fourth-order valence-electron chi connectivity index (χ4n) is 2.43. The number of amides is 2. The number of aliphatic hydroxyl groups excluding tert-OH is 1. The van der Waals surface area contributed by atoms with Crippen LogP contribution in [0.1, 0.15) is 27.9 Å². The van der Waals surface area contributed by atoms with Gasteiger partial charge < -0.3 is 14.7 Å². The Morgan fingerprint density at radius 2 is 2.13 bits per heavy atom. The molecule has 0 radical (unpaired) electrons. The van der Waals surface area contributed by atoms with E-state index in [4.69, 9.17) is 4.74 Å². The van der Waals surface area contributed by atoms with E-state index in [1.165, 1.54) is 6.08 Å². The van der Waals surface area contributed by atoms with Gasteiger partial charge in [0, 0.05) is 6.54 Å². The van der Waals surface area contributed by atoms with Crippen molar-refractivity contribution in [3.8, 4) is 0 Å². The predicted octanol–water partition coefficient (Wildman–Crippen LogP) is 2.24. The van der Waals surface area contributed by atoms with Gasteiger partial charge in [-0.15, -0.1) is 0 Å². The van der Waals surface area contributed by atoms with Gasteiger partial charge in [0.25, 0.3) is 5.91 Å². The largest absolute Gasteiger partial charge is 0.445 e. The zero-order valence-corrected chi connectivity index (χ0v) is 13.5. The van der Waals surface area contributed by atoms with Crippen molar-refractivity contribution in [1.82, 2.24) is 4.90 Å². The molecule has 0 saturated carbocycles. The summed E-state index contributed by atoms with van der Waals surface area (Å²) in [6.45, 7) is 7.95. The van der Waals surface area contributed by atoms with Gasteiger partial charge in [-0.25, -0.2) is 4.79 Å². The quantitative estimate of drug-likeness (QED) is 0.816. The van der Waals surface area contributed by atoms with Gasteiger partial charge in [-0.2, -0.15) is 0 Å². The molecular formula is C17H22N2O4. The zero-order valence-electron chi connectivity index (χ0n) is 13.5. The Labute approximate surface area is 135 Å². The highest BCUT2D eigenvalue weighted by Gasteiger charge is 2.33. The van der Waals surface area contributed by atoms with Crippen LogP contribution in [0.25, 0.3) is 0 Å². The summed E-state index contributed by atoms with van der Waals surface area (Å²) in [4.78, 5) is 26.1. The fraction of sp³-hybridized carbons (Fsp3) is 0.412. The van der Waals surface area contributed by atoms with Crippen LogP contribution in [-0.2, 0) is 4.74 Å². The molecule has 1 aromatic rings. The molecule has 1 aliphatic heterocycles. The number of aryl methyl sites for hydroxylation is 2. The Kier molecular flexibility index (Phi) is 5.39. The molecule has 124 valence electrons. The van der Waals surface area contributed by atoms with Crippen molar-refractivity contribution in [2.75, 3.05) is 25.1 Å². The molecule has 1 heterocycles. The van der Waals surface area contributed by atoms with Gasteiger partial charge in [0.1, 0.15) is 6.61 Å². The zero-order chi connectivity index (χ0) is 17.0. The molecule has 0 spiro atoms. The van der Waals surface area contributed by atoms with Gasteiger partial charge in [-0.05, 0) is 43.5 Å². The van der Waals surface area contributed by atoms with E-state index >= 15 is 0 Å². The second-order valence-electron chi connectivity index (χ2n) is 5.62. The first-order chi connectivity index (χ1) is 11.0. The van der Waals surface area contributed by atoms with Crippen LogP contribution in [0.4, 0.5) is 10.5 Å². The Balaban J connectivity index is 2.26. The van der Waals surface area contributed by atoms with Crippen molar-refractivity contribution in [1.29, 1.82) is 0 Å². The smallest absolute Gasteiger partial charge is 0.411 e. The molecule has 1 aliphatic rings. The number of benzene rings is 1. The maximum absolute atomic E-state index is 12.7. The number of aliphatic hydroxyl groups is 1. The van der Waals surface area contributed by atoms with Crippen LogP contribution in [0.15, 0.2) is 24.8 Å². The molecule has 1 saturated heterocycles. The van der Waals surface area contributed by atoms with Crippen molar-refractivity contribution in [3.63, 3.8) is 0 Å². The van der Waals surface area contributed by atoms with Crippen molar-refractivity contribution in [2.45, 2.75) is 26.3 Å². The number of likely N-dealkylation sites (tertiary alicyclic amines) is 1. The van der Waals surface area contributed by atoms with E-state index in [2.05, 4.69) is 11.9 Å². The van der Waals surface area contributed by atoms with Crippen LogP contribution in [0.2, 0.25) is 0 Å². The van der Waals surface area contributed by atoms with E-state index in [1.807, 2.05) is 13.8 Å². The number of anilines is 1. The number of carbonyl (C=O) groups is 2. The SMILES string of the molecule is C=CCOC(=O)Nc1cc(C)c(C)cc1C(=O)N1CC[C@H]1CO. The average Bonchev–Trinajstić information content (AvgIpc) is 2.48. The lowest BCUT2D eigenvalue weighted by atomic mass is 9.98. The molecule has 6 heteroatoms. The van der Waals surface area contributed by atoms with E-state index in [9.17, 15) is 14.7 Å². The second kappa shape index (κ2) is 7.28. The molecule has 1 fully saturated rings. The lowest BCUT2D eigenvalue weighted by Crippen LogP contribution is -2.53. The molecule has 0 aliphatic carbocycles. The third kappa shape index (κ3) is 3.71. The standard InChI is InChI=1S/C17H22N2O4/c1-4-7-23-17(22)18-15-9-12(3)11(2)8-14(15)16(21)19-6-5-13(19)10-20/h4,8-9,13,20H,1,5-7,10H2,2-3H3,(H,18,22)/t13-/m0/s1. The van der Waals surface area contributed by atoms with Crippen molar-refractivity contribution < 1.29 is 19.4 Å². The van der Waals surface area contributed by atoms with Crippen LogP contribution >= 0.6 is 0 Å². The fourth-order valence-corrected chi connectivity index (χ4v) is 2.43. The highest BCUT2D eigenvalue weighted by Crippen LogP contribution is 2.27. The third-order valence-electron chi connectivity index (χ3n) is 4.05. The van der Waals surface area contributed by atoms with Gasteiger partial charge in [0.05, 0.1) is 23.9 Å². The van der Waals surface area contributed by atoms with Gasteiger partial charge in [-0.1, -0.05) is 12.7 Å². The summed E-state index contributed by atoms with van der Waals surface area (Å²) in [7, 11) is 0. The Bertz CT molecular complexity index is 625. The molecule has 2 N–H and O–H groups in total. The van der Waals surface area contributed by atoms with E-state index in [0.29, 0.717) is 17.8 Å². The first kappa shape index (κ1) is 17.0. The number of rotatable bonds is 5. The maximum Gasteiger partial charge on any atom is 0.411 e. The highest BCUT2D eigenvalue weighted by molar-refractivity contribution is 6.03. The summed E-state index contributed by atoms with van der Waals surface area (Å²) in [5.74, 6) is -0.197. The minimum atomic E-state index is -0.635. The van der Waals surface area contributed by atoms with Crippen LogP contribution in [0.3, 0.4) is 0 Å². The van der Waals surface area contributed by atoms with Crippen molar-refractivity contribution in [2.24, 2.45) is 0 Å². The maximum atomic E-state index is 12.7. The summed E-state index contributed by atoms with van der Waals surface area (Å²) < 4.78 is 4.91. The number of ether oxygens (including phenoxy) is 1. The van der Waals surface area contributed by atoms with Gasteiger partial charge >= 0.3 is 6.09 Å². The summed E-state index contributed by atoms with van der Waals surface area (Å²) >= 11 is 0. The molecule has 0 aromatic heterocycles. The Morgan fingerprint density at radius 3 is 2.70 bits per heavy atom. The lowest BCUT2D eigenvalue weighted by Gasteiger charge is -2.40. The van der Waals surface area contributed by atoms with Crippen LogP contribution in [-0.4, -0.2) is 47.8 Å². The molecule has 0 unspecified atom stereocenters. The molecule has 23 heavy (non-hydrogen) atoms. The Morgan fingerprint density at radius 1 is 1.43 bits per heavy atom. The molecule has 1 aromatic carbocycles. The molecule has 6 nitrogen and oxygen atoms in total. The summed E-state index contributed by atoms with van der Waals surface area (Å²) in [6, 6.07) is 3.36. The van der Waals surface area contributed by atoms with Crippen LogP contribution in [0, 0.1) is 13.8 Å². The topological polar surface area (TPSA) is 78.9 Å². The average molecular weight is 318 g/mol. The number of carbonyl (C=O) groups excluding carboxylic acids is 2. The number of hydrogen-bond acceptors (Lipinski definition) is 4. The number of nitrogens with one attached hydrogen (secondary N) is 1. The van der Waals surface area contributed by atoms with Crippen LogP contribution < -0.4 is 5.32 Å². The van der Waals surface area contributed by atoms with Crippen molar-refractivity contribution >= 4 is 17.7 Å². The number of hydrogen-bond donors (Lipinski definition) is 2. The van der Waals surface area contributed by atoms with E-state index in [0.717, 1.165) is 17.5 Å². The second-order valence-corrected chi connectivity index (χ2v) is 5.62. The van der Waals surface area contributed by atoms with E-state index < -0.39 is 6.09 Å². The minimum Gasteiger partial charge on any atom is -0.445 e. The summed E-state index contributed by atoms with van der Waals surface area (Å²) in [5.41, 5.74) is 2.74. The summed E-state index contributed by atoms with van der Waals surface area (Å²) in [6.07, 6.45) is 1.62. The minimum absolute atomic E-state index is 0.0548. The van der Waals surface area contributed by atoms with E-state index in [1.54, 1.807) is 17.0 Å². The predicted molar refractivity (Wildman–Crippen MR) is 87.6 cm³/mol. The number of nitrogens with zero attached hydrogens (tertiary/aromatic N) is 1. The van der Waals surface area contributed by atoms with Crippen LogP contribution in [0.5, 0.6) is 0 Å². The highest BCUT2D eigenvalue weighted by atomic mass is 16.5.